The van der Waals surface area contributed by atoms with E-state index in [4.69, 9.17) is 17.2 Å². The standard InChI is InChI=1S/C20H33N7O8S/c1-9(24-17(31)10(21)8-36)16(30)26-12(7-15(23)29)19(33)27-6-2-3-13(27)18(32)25-11(20(34)35)4-5-14(22)28/h9-13,36H,2-8,21H2,1H3,(H2,22,28)(H2,23,29)(H,24,31)(H,25,32)(H,26,30)(H,34,35)/t9-,10-,11-,12-,13-/m0/s1. The minimum Gasteiger partial charge on any atom is -0.480 e. The molecular formula is C20H33N7O8S. The van der Waals surface area contributed by atoms with Crippen LogP contribution in [0.5, 0.6) is 0 Å². The van der Waals surface area contributed by atoms with Crippen molar-refractivity contribution in [3.8, 4) is 0 Å². The van der Waals surface area contributed by atoms with E-state index in [1.54, 1.807) is 0 Å². The van der Waals surface area contributed by atoms with E-state index in [9.17, 15) is 38.7 Å². The number of hydrogen-bond acceptors (Lipinski definition) is 9. The van der Waals surface area contributed by atoms with Crippen LogP contribution in [0.2, 0.25) is 0 Å². The lowest BCUT2D eigenvalue weighted by molar-refractivity contribution is -0.145. The van der Waals surface area contributed by atoms with Gasteiger partial charge in [0.05, 0.1) is 12.5 Å². The number of carboxylic acids is 1. The SMILES string of the molecule is C[C@H](NC(=O)[C@@H](N)CS)C(=O)N[C@@H](CC(N)=O)C(=O)N1CCC[C@H]1C(=O)N[C@@H](CCC(N)=O)C(=O)O. The van der Waals surface area contributed by atoms with E-state index in [1.165, 1.54) is 6.92 Å². The summed E-state index contributed by atoms with van der Waals surface area (Å²) in [5.74, 6) is -5.99. The number of nitrogens with zero attached hydrogens (tertiary/aromatic N) is 1. The molecule has 0 bridgehead atoms. The van der Waals surface area contributed by atoms with Gasteiger partial charge in [-0.2, -0.15) is 12.6 Å². The van der Waals surface area contributed by atoms with Crippen LogP contribution in [-0.4, -0.2) is 93.9 Å². The van der Waals surface area contributed by atoms with Crippen molar-refractivity contribution in [1.82, 2.24) is 20.9 Å². The number of nitrogens with two attached hydrogens (primary N) is 3. The second-order valence-electron chi connectivity index (χ2n) is 8.35. The van der Waals surface area contributed by atoms with Crippen molar-refractivity contribution >= 4 is 54.0 Å². The Morgan fingerprint density at radius 3 is 2.17 bits per heavy atom. The molecule has 1 fully saturated rings. The van der Waals surface area contributed by atoms with Gasteiger partial charge in [-0.1, -0.05) is 0 Å². The van der Waals surface area contributed by atoms with E-state index >= 15 is 0 Å². The van der Waals surface area contributed by atoms with Gasteiger partial charge in [-0.3, -0.25) is 28.8 Å². The second kappa shape index (κ2) is 14.2. The van der Waals surface area contributed by atoms with Crippen molar-refractivity contribution in [3.05, 3.63) is 0 Å². The number of primary amides is 2. The van der Waals surface area contributed by atoms with Gasteiger partial charge in [-0.25, -0.2) is 4.79 Å². The van der Waals surface area contributed by atoms with Gasteiger partial charge in [0.1, 0.15) is 24.2 Å². The summed E-state index contributed by atoms with van der Waals surface area (Å²) in [6.45, 7) is 1.44. The number of carbonyl (C=O) groups is 7. The number of amides is 6. The van der Waals surface area contributed by atoms with Crippen LogP contribution >= 0.6 is 12.6 Å². The highest BCUT2D eigenvalue weighted by molar-refractivity contribution is 7.80. The molecule has 16 heteroatoms. The molecule has 0 radical (unpaired) electrons. The summed E-state index contributed by atoms with van der Waals surface area (Å²) in [5.41, 5.74) is 15.8. The molecule has 1 rings (SSSR count). The predicted octanol–water partition coefficient (Wildman–Crippen LogP) is -4.07. The van der Waals surface area contributed by atoms with Gasteiger partial charge < -0.3 is 43.2 Å². The van der Waals surface area contributed by atoms with Crippen molar-refractivity contribution in [2.45, 2.75) is 69.2 Å². The summed E-state index contributed by atoms with van der Waals surface area (Å²) < 4.78 is 0. The third-order valence-corrected chi connectivity index (χ3v) is 5.83. The average molecular weight is 532 g/mol. The Kier molecular flexibility index (Phi) is 12.1. The summed E-state index contributed by atoms with van der Waals surface area (Å²) in [6, 6.07) is -6.01. The number of carboxylic acid groups (broad SMARTS) is 1. The summed E-state index contributed by atoms with van der Waals surface area (Å²) in [7, 11) is 0. The molecule has 15 nitrogen and oxygen atoms in total. The van der Waals surface area contributed by atoms with Crippen molar-refractivity contribution in [3.63, 3.8) is 0 Å². The highest BCUT2D eigenvalue weighted by Gasteiger charge is 2.39. The van der Waals surface area contributed by atoms with Crippen LogP contribution in [0, 0.1) is 0 Å². The van der Waals surface area contributed by atoms with Gasteiger partial charge in [0.25, 0.3) is 0 Å². The van der Waals surface area contributed by atoms with Gasteiger partial charge in [-0.15, -0.1) is 0 Å². The van der Waals surface area contributed by atoms with Crippen molar-refractivity contribution in [1.29, 1.82) is 0 Å². The minimum absolute atomic E-state index is 0.0344. The summed E-state index contributed by atoms with van der Waals surface area (Å²) >= 11 is 3.90. The first-order chi connectivity index (χ1) is 16.8. The molecule has 0 aromatic heterocycles. The largest absolute Gasteiger partial charge is 0.480 e. The van der Waals surface area contributed by atoms with Crippen LogP contribution in [0.15, 0.2) is 0 Å². The molecule has 0 saturated carbocycles. The molecule has 5 atom stereocenters. The van der Waals surface area contributed by atoms with Crippen LogP contribution in [0.25, 0.3) is 0 Å². The monoisotopic (exact) mass is 531 g/mol. The summed E-state index contributed by atoms with van der Waals surface area (Å²) in [6.07, 6.45) is -0.495. The molecule has 1 aliphatic rings. The van der Waals surface area contributed by atoms with Crippen LogP contribution < -0.4 is 33.2 Å². The lowest BCUT2D eigenvalue weighted by atomic mass is 10.1. The molecule has 0 aromatic rings. The highest BCUT2D eigenvalue weighted by atomic mass is 32.1. The zero-order valence-electron chi connectivity index (χ0n) is 19.8. The quantitative estimate of drug-likeness (QED) is 0.101. The molecule has 1 aliphatic heterocycles. The molecule has 1 heterocycles. The number of likely N-dealkylation sites (tertiary alicyclic amines) is 1. The number of hydrogen-bond donors (Lipinski definition) is 8. The maximum Gasteiger partial charge on any atom is 0.326 e. The molecule has 10 N–H and O–H groups in total. The smallest absolute Gasteiger partial charge is 0.326 e. The molecular weight excluding hydrogens is 498 g/mol. The first-order valence-electron chi connectivity index (χ1n) is 11.2. The van der Waals surface area contributed by atoms with E-state index in [0.29, 0.717) is 6.42 Å². The van der Waals surface area contributed by atoms with E-state index < -0.39 is 78.0 Å². The molecule has 0 aliphatic carbocycles. The van der Waals surface area contributed by atoms with Crippen LogP contribution in [0.1, 0.15) is 39.0 Å². The van der Waals surface area contributed by atoms with Gasteiger partial charge in [0.15, 0.2) is 0 Å². The molecule has 0 spiro atoms. The topological polar surface area (TPSA) is 257 Å². The first-order valence-corrected chi connectivity index (χ1v) is 11.8. The Hall–Kier alpha value is -3.40. The van der Waals surface area contributed by atoms with Crippen LogP contribution in [-0.2, 0) is 33.6 Å². The lowest BCUT2D eigenvalue weighted by Crippen LogP contribution is -2.58. The average Bonchev–Trinajstić information content (AvgIpc) is 3.29. The van der Waals surface area contributed by atoms with Crippen LogP contribution in [0.3, 0.4) is 0 Å². The Balaban J connectivity index is 2.95. The Labute approximate surface area is 212 Å². The molecule has 202 valence electrons. The third kappa shape index (κ3) is 9.33. The second-order valence-corrected chi connectivity index (χ2v) is 8.71. The van der Waals surface area contributed by atoms with Crippen LogP contribution in [0.4, 0.5) is 0 Å². The Morgan fingerprint density at radius 1 is 1.00 bits per heavy atom. The molecule has 0 unspecified atom stereocenters. The number of rotatable bonds is 14. The fourth-order valence-corrected chi connectivity index (χ4v) is 3.65. The number of carbonyl (C=O) groups excluding carboxylic acids is 6. The van der Waals surface area contributed by atoms with E-state index in [1.807, 2.05) is 0 Å². The van der Waals surface area contributed by atoms with Gasteiger partial charge in [0.2, 0.25) is 35.4 Å². The van der Waals surface area contributed by atoms with Crippen molar-refractivity contribution < 1.29 is 38.7 Å². The molecule has 1 saturated heterocycles. The number of thiol groups is 1. The third-order valence-electron chi connectivity index (χ3n) is 5.44. The van der Waals surface area contributed by atoms with Crippen molar-refractivity contribution in [2.75, 3.05) is 12.3 Å². The van der Waals surface area contributed by atoms with Crippen molar-refractivity contribution in [2.24, 2.45) is 17.2 Å². The zero-order valence-corrected chi connectivity index (χ0v) is 20.7. The summed E-state index contributed by atoms with van der Waals surface area (Å²) in [5, 5.41) is 16.3. The highest BCUT2D eigenvalue weighted by Crippen LogP contribution is 2.20. The molecule has 0 aromatic carbocycles. The fraction of sp³-hybridized carbons (Fsp3) is 0.650. The molecule has 36 heavy (non-hydrogen) atoms. The zero-order chi connectivity index (χ0) is 27.6. The lowest BCUT2D eigenvalue weighted by Gasteiger charge is -2.29. The normalized spacial score (nSPS) is 18.3. The number of aliphatic carboxylic acids is 1. The van der Waals surface area contributed by atoms with Gasteiger partial charge in [0, 0.05) is 18.7 Å². The maximum atomic E-state index is 13.2. The minimum atomic E-state index is -1.44. The van der Waals surface area contributed by atoms with Gasteiger partial charge in [-0.05, 0) is 26.2 Å². The first kappa shape index (κ1) is 30.6. The maximum absolute atomic E-state index is 13.2. The van der Waals surface area contributed by atoms with E-state index in [-0.39, 0.29) is 31.6 Å². The Bertz CT molecular complexity index is 886. The molecule has 6 amide bonds. The predicted molar refractivity (Wildman–Crippen MR) is 128 cm³/mol. The summed E-state index contributed by atoms with van der Waals surface area (Å²) in [4.78, 5) is 85.6. The fourth-order valence-electron chi connectivity index (χ4n) is 3.48. The van der Waals surface area contributed by atoms with E-state index in [0.717, 1.165) is 4.90 Å². The number of nitrogens with one attached hydrogen (secondary N) is 3. The van der Waals surface area contributed by atoms with Gasteiger partial charge >= 0.3 is 5.97 Å². The van der Waals surface area contributed by atoms with E-state index in [2.05, 4.69) is 28.6 Å². The Morgan fingerprint density at radius 2 is 1.64 bits per heavy atom.